The van der Waals surface area contributed by atoms with Crippen molar-refractivity contribution >= 4 is 0 Å². The largest absolute Gasteiger partial charge is 0.508 e. The molecule has 0 unspecified atom stereocenters. The van der Waals surface area contributed by atoms with E-state index in [2.05, 4.69) is 0 Å². The van der Waals surface area contributed by atoms with Gasteiger partial charge in [0.15, 0.2) is 11.5 Å². The monoisotopic (exact) mass is 418 g/mol. The number of benzene rings is 4. The van der Waals surface area contributed by atoms with Gasteiger partial charge in [-0.15, -0.1) is 0 Å². The molecule has 31 heavy (non-hydrogen) atoms. The molecular formula is C24H18O7. The number of phenols is 7. The summed E-state index contributed by atoms with van der Waals surface area (Å²) in [5, 5.41) is 69.8. The van der Waals surface area contributed by atoms with Crippen molar-refractivity contribution in [1.29, 1.82) is 0 Å². The average Bonchev–Trinajstić information content (AvgIpc) is 2.72. The molecule has 4 aromatic rings. The molecule has 0 atom stereocenters. The van der Waals surface area contributed by atoms with Gasteiger partial charge in [0.1, 0.15) is 23.0 Å². The van der Waals surface area contributed by atoms with Gasteiger partial charge in [-0.2, -0.15) is 0 Å². The molecule has 0 saturated heterocycles. The van der Waals surface area contributed by atoms with E-state index < -0.39 is 17.2 Å². The third kappa shape index (κ3) is 3.60. The van der Waals surface area contributed by atoms with Crippen LogP contribution in [0.1, 0.15) is 0 Å². The summed E-state index contributed by atoms with van der Waals surface area (Å²) in [6.07, 6.45) is 0. The maximum Gasteiger partial charge on any atom is 0.200 e. The van der Waals surface area contributed by atoms with Crippen molar-refractivity contribution in [1.82, 2.24) is 0 Å². The van der Waals surface area contributed by atoms with Crippen LogP contribution in [0.25, 0.3) is 33.4 Å². The molecule has 0 aliphatic heterocycles. The van der Waals surface area contributed by atoms with E-state index in [-0.39, 0.29) is 28.6 Å². The Bertz CT molecular complexity index is 1240. The quantitative estimate of drug-likeness (QED) is 0.241. The fraction of sp³-hybridized carbons (Fsp3) is 0. The van der Waals surface area contributed by atoms with E-state index in [0.717, 1.165) is 0 Å². The van der Waals surface area contributed by atoms with Crippen LogP contribution in [0.15, 0.2) is 66.7 Å². The molecule has 156 valence electrons. The van der Waals surface area contributed by atoms with Crippen LogP contribution in [0.2, 0.25) is 0 Å². The van der Waals surface area contributed by atoms with Crippen molar-refractivity contribution in [2.24, 2.45) is 0 Å². The molecule has 0 heterocycles. The number of rotatable bonds is 3. The lowest BCUT2D eigenvalue weighted by molar-refractivity contribution is 0.369. The molecular weight excluding hydrogens is 400 g/mol. The molecule has 4 aromatic carbocycles. The molecule has 0 radical (unpaired) electrons. The van der Waals surface area contributed by atoms with Gasteiger partial charge in [0, 0.05) is 28.8 Å². The lowest BCUT2D eigenvalue weighted by Gasteiger charge is -2.14. The predicted molar refractivity (Wildman–Crippen MR) is 114 cm³/mol. The molecule has 0 amide bonds. The van der Waals surface area contributed by atoms with E-state index in [4.69, 9.17) is 0 Å². The lowest BCUT2D eigenvalue weighted by atomic mass is 9.92. The lowest BCUT2D eigenvalue weighted by Crippen LogP contribution is -1.88. The van der Waals surface area contributed by atoms with Gasteiger partial charge < -0.3 is 35.7 Å². The van der Waals surface area contributed by atoms with Crippen LogP contribution in [0.3, 0.4) is 0 Å². The second-order valence-electron chi connectivity index (χ2n) is 7.03. The Morgan fingerprint density at radius 2 is 0.774 bits per heavy atom. The van der Waals surface area contributed by atoms with Crippen LogP contribution in [0.5, 0.6) is 40.2 Å². The molecule has 4 rings (SSSR count). The summed E-state index contributed by atoms with van der Waals surface area (Å²) in [7, 11) is 0. The van der Waals surface area contributed by atoms with Crippen LogP contribution < -0.4 is 0 Å². The topological polar surface area (TPSA) is 142 Å². The molecule has 0 bridgehead atoms. The Balaban J connectivity index is 2.00. The van der Waals surface area contributed by atoms with Crippen molar-refractivity contribution in [3.63, 3.8) is 0 Å². The molecule has 0 aromatic heterocycles. The number of hydrogen-bond acceptors (Lipinski definition) is 7. The Kier molecular flexibility index (Phi) is 4.71. The van der Waals surface area contributed by atoms with E-state index in [0.29, 0.717) is 27.8 Å². The summed E-state index contributed by atoms with van der Waals surface area (Å²) in [4.78, 5) is 0. The molecule has 0 spiro atoms. The first-order chi connectivity index (χ1) is 14.7. The first-order valence-electron chi connectivity index (χ1n) is 9.18. The van der Waals surface area contributed by atoms with Gasteiger partial charge in [0.05, 0.1) is 0 Å². The highest BCUT2D eigenvalue weighted by Gasteiger charge is 2.17. The van der Waals surface area contributed by atoms with E-state index in [1.807, 2.05) is 0 Å². The highest BCUT2D eigenvalue weighted by atomic mass is 16.3. The average molecular weight is 418 g/mol. The Morgan fingerprint density at radius 3 is 1.23 bits per heavy atom. The molecule has 7 heteroatoms. The van der Waals surface area contributed by atoms with Crippen LogP contribution in [-0.2, 0) is 0 Å². The highest BCUT2D eigenvalue weighted by molar-refractivity contribution is 5.87. The van der Waals surface area contributed by atoms with Gasteiger partial charge in [-0.25, -0.2) is 0 Å². The summed E-state index contributed by atoms with van der Waals surface area (Å²) >= 11 is 0. The summed E-state index contributed by atoms with van der Waals surface area (Å²) in [5.41, 5.74) is 2.35. The number of hydrogen-bond donors (Lipinski definition) is 7. The van der Waals surface area contributed by atoms with Crippen LogP contribution in [-0.4, -0.2) is 35.7 Å². The fourth-order valence-corrected chi connectivity index (χ4v) is 3.42. The summed E-state index contributed by atoms with van der Waals surface area (Å²) < 4.78 is 0. The van der Waals surface area contributed by atoms with Gasteiger partial charge >= 0.3 is 0 Å². The van der Waals surface area contributed by atoms with Gasteiger partial charge in [0.25, 0.3) is 0 Å². The van der Waals surface area contributed by atoms with Crippen LogP contribution >= 0.6 is 0 Å². The number of aromatic hydroxyl groups is 7. The standard InChI is InChI=1S/C24H18O7/c25-15-1-3-17(21(28)10-15)12-7-13(18-4-2-16(26)11-22(18)29)9-14(8-12)19-5-6-20(27)24(31)23(19)30/h1-11,25-31H. The zero-order chi connectivity index (χ0) is 22.3. The maximum atomic E-state index is 10.4. The normalized spacial score (nSPS) is 10.8. The third-order valence-corrected chi connectivity index (χ3v) is 4.96. The molecule has 0 aliphatic carbocycles. The summed E-state index contributed by atoms with van der Waals surface area (Å²) in [6.45, 7) is 0. The fourth-order valence-electron chi connectivity index (χ4n) is 3.42. The molecule has 0 aliphatic rings. The van der Waals surface area contributed by atoms with E-state index >= 15 is 0 Å². The van der Waals surface area contributed by atoms with Gasteiger partial charge in [-0.1, -0.05) is 0 Å². The van der Waals surface area contributed by atoms with Crippen LogP contribution in [0, 0.1) is 0 Å². The van der Waals surface area contributed by atoms with E-state index in [1.165, 1.54) is 48.5 Å². The maximum absolute atomic E-state index is 10.4. The minimum Gasteiger partial charge on any atom is -0.508 e. The van der Waals surface area contributed by atoms with Crippen molar-refractivity contribution in [3.05, 3.63) is 66.7 Å². The Hall–Kier alpha value is -4.52. The van der Waals surface area contributed by atoms with Gasteiger partial charge in [-0.05, 0) is 71.3 Å². The van der Waals surface area contributed by atoms with E-state index in [1.54, 1.807) is 18.2 Å². The van der Waals surface area contributed by atoms with Crippen molar-refractivity contribution < 1.29 is 35.7 Å². The first-order valence-corrected chi connectivity index (χ1v) is 9.18. The Labute approximate surface area is 176 Å². The molecule has 0 fully saturated rings. The van der Waals surface area contributed by atoms with Crippen molar-refractivity contribution in [2.75, 3.05) is 0 Å². The van der Waals surface area contributed by atoms with Gasteiger partial charge in [-0.3, -0.25) is 0 Å². The second-order valence-corrected chi connectivity index (χ2v) is 7.03. The third-order valence-electron chi connectivity index (χ3n) is 4.96. The summed E-state index contributed by atoms with van der Waals surface area (Å²) in [6, 6.07) is 15.8. The minimum atomic E-state index is -0.676. The molecule has 7 nitrogen and oxygen atoms in total. The van der Waals surface area contributed by atoms with Crippen molar-refractivity contribution in [3.8, 4) is 73.6 Å². The molecule has 0 saturated carbocycles. The SMILES string of the molecule is Oc1ccc(-c2cc(-c3ccc(O)cc3O)cc(-c3ccc(O)c(O)c3O)c2)c(O)c1. The minimum absolute atomic E-state index is 0.116. The smallest absolute Gasteiger partial charge is 0.200 e. The number of phenolic OH excluding ortho intramolecular Hbond substituents is 7. The second kappa shape index (κ2) is 7.38. The zero-order valence-corrected chi connectivity index (χ0v) is 16.0. The first kappa shape index (κ1) is 19.8. The summed E-state index contributed by atoms with van der Waals surface area (Å²) in [5.74, 6) is -2.29. The van der Waals surface area contributed by atoms with E-state index in [9.17, 15) is 35.7 Å². The Morgan fingerprint density at radius 1 is 0.355 bits per heavy atom. The van der Waals surface area contributed by atoms with Crippen molar-refractivity contribution in [2.45, 2.75) is 0 Å². The molecule has 7 N–H and O–H groups in total. The van der Waals surface area contributed by atoms with Crippen LogP contribution in [0.4, 0.5) is 0 Å². The highest BCUT2D eigenvalue weighted by Crippen LogP contribution is 2.45. The van der Waals surface area contributed by atoms with Gasteiger partial charge in [0.2, 0.25) is 5.75 Å². The predicted octanol–water partition coefficient (Wildman–Crippen LogP) is 4.63. The zero-order valence-electron chi connectivity index (χ0n) is 16.0.